The van der Waals surface area contributed by atoms with Crippen LogP contribution in [0.5, 0.6) is 0 Å². The highest BCUT2D eigenvalue weighted by Crippen LogP contribution is 2.28. The molecule has 1 aromatic carbocycles. The van der Waals surface area contributed by atoms with E-state index in [-0.39, 0.29) is 23.5 Å². The maximum absolute atomic E-state index is 13.2. The zero-order valence-electron chi connectivity index (χ0n) is 16.0. The quantitative estimate of drug-likeness (QED) is 0.750. The van der Waals surface area contributed by atoms with E-state index in [9.17, 15) is 14.0 Å². The van der Waals surface area contributed by atoms with Crippen LogP contribution in [0, 0.1) is 5.82 Å². The molecule has 28 heavy (non-hydrogen) atoms. The normalized spacial score (nSPS) is 15.9. The molecule has 0 aliphatic carbocycles. The topological polar surface area (TPSA) is 62.6 Å². The van der Waals surface area contributed by atoms with Crippen molar-refractivity contribution in [3.8, 4) is 0 Å². The number of carbonyl (C=O) groups excluding carboxylic acids is 2. The van der Waals surface area contributed by atoms with Crippen molar-refractivity contribution in [2.75, 3.05) is 19.6 Å². The van der Waals surface area contributed by atoms with Gasteiger partial charge < -0.3 is 14.6 Å². The van der Waals surface area contributed by atoms with Gasteiger partial charge in [-0.1, -0.05) is 18.6 Å². The van der Waals surface area contributed by atoms with E-state index < -0.39 is 0 Å². The third-order valence-electron chi connectivity index (χ3n) is 5.19. The van der Waals surface area contributed by atoms with Crippen LogP contribution < -0.4 is 5.32 Å². The molecule has 0 saturated carbocycles. The van der Waals surface area contributed by atoms with Crippen molar-refractivity contribution in [3.05, 3.63) is 59.8 Å². The number of nitrogens with one attached hydrogen (secondary N) is 1. The number of benzene rings is 1. The van der Waals surface area contributed by atoms with Crippen LogP contribution in [-0.4, -0.2) is 36.3 Å². The van der Waals surface area contributed by atoms with Crippen LogP contribution in [0.2, 0.25) is 0 Å². The second-order valence-electron chi connectivity index (χ2n) is 7.20. The molecule has 2 heterocycles. The summed E-state index contributed by atoms with van der Waals surface area (Å²) in [4.78, 5) is 26.0. The van der Waals surface area contributed by atoms with Crippen LogP contribution >= 0.6 is 0 Å². The van der Waals surface area contributed by atoms with Gasteiger partial charge in [0.2, 0.25) is 11.8 Å². The Morgan fingerprint density at radius 3 is 2.75 bits per heavy atom. The Morgan fingerprint density at radius 2 is 2.00 bits per heavy atom. The zero-order valence-corrected chi connectivity index (χ0v) is 16.0. The van der Waals surface area contributed by atoms with Crippen LogP contribution in [0.1, 0.15) is 55.8 Å². The molecular weight excluding hydrogens is 359 g/mol. The summed E-state index contributed by atoms with van der Waals surface area (Å²) in [6.45, 7) is 1.71. The Balaban J connectivity index is 1.49. The number of nitrogens with zero attached hydrogens (tertiary/aromatic N) is 1. The lowest BCUT2D eigenvalue weighted by molar-refractivity contribution is -0.131. The number of carbonyl (C=O) groups is 2. The third kappa shape index (κ3) is 5.68. The van der Waals surface area contributed by atoms with E-state index >= 15 is 0 Å². The molecule has 1 unspecified atom stereocenters. The van der Waals surface area contributed by atoms with Gasteiger partial charge in [-0.3, -0.25) is 9.59 Å². The SMILES string of the molecule is O=C(CCN1CCCCCC1=O)NCCC(c1ccc(F)cc1)c1ccco1. The van der Waals surface area contributed by atoms with Crippen LogP contribution in [0.3, 0.4) is 0 Å². The second kappa shape index (κ2) is 10.1. The lowest BCUT2D eigenvalue weighted by Gasteiger charge is -2.20. The molecule has 2 aromatic rings. The maximum Gasteiger partial charge on any atom is 0.222 e. The zero-order chi connectivity index (χ0) is 19.8. The number of rotatable bonds is 8. The fourth-order valence-corrected chi connectivity index (χ4v) is 3.61. The van der Waals surface area contributed by atoms with Crippen LogP contribution in [0.4, 0.5) is 4.39 Å². The minimum absolute atomic E-state index is 0.0527. The van der Waals surface area contributed by atoms with Crippen LogP contribution in [-0.2, 0) is 9.59 Å². The van der Waals surface area contributed by atoms with E-state index in [4.69, 9.17) is 4.42 Å². The molecule has 0 spiro atoms. The molecule has 1 fully saturated rings. The molecule has 1 atom stereocenters. The molecule has 5 nitrogen and oxygen atoms in total. The molecule has 0 bridgehead atoms. The Morgan fingerprint density at radius 1 is 1.18 bits per heavy atom. The fraction of sp³-hybridized carbons (Fsp3) is 0.455. The molecule has 2 amide bonds. The number of amides is 2. The van der Waals surface area contributed by atoms with E-state index in [1.807, 2.05) is 12.1 Å². The van der Waals surface area contributed by atoms with Crippen molar-refractivity contribution in [2.24, 2.45) is 0 Å². The van der Waals surface area contributed by atoms with Crippen molar-refractivity contribution in [1.29, 1.82) is 0 Å². The average molecular weight is 386 g/mol. The molecule has 150 valence electrons. The summed E-state index contributed by atoms with van der Waals surface area (Å²) >= 11 is 0. The van der Waals surface area contributed by atoms with Gasteiger partial charge in [0.25, 0.3) is 0 Å². The molecule has 6 heteroatoms. The summed E-state index contributed by atoms with van der Waals surface area (Å²) in [6, 6.07) is 10.1. The van der Waals surface area contributed by atoms with Crippen molar-refractivity contribution >= 4 is 11.8 Å². The highest BCUT2D eigenvalue weighted by molar-refractivity contribution is 5.79. The van der Waals surface area contributed by atoms with E-state index in [1.165, 1.54) is 12.1 Å². The van der Waals surface area contributed by atoms with Crippen LogP contribution in [0.25, 0.3) is 0 Å². The van der Waals surface area contributed by atoms with E-state index in [0.717, 1.165) is 37.1 Å². The summed E-state index contributed by atoms with van der Waals surface area (Å²) in [5.41, 5.74) is 0.945. The highest BCUT2D eigenvalue weighted by atomic mass is 19.1. The predicted octanol–water partition coefficient (Wildman–Crippen LogP) is 3.85. The van der Waals surface area contributed by atoms with Gasteiger partial charge in [0, 0.05) is 38.4 Å². The van der Waals surface area contributed by atoms with Gasteiger partial charge in [-0.2, -0.15) is 0 Å². The summed E-state index contributed by atoms with van der Waals surface area (Å²) in [5, 5.41) is 2.93. The number of likely N-dealkylation sites (tertiary alicyclic amines) is 1. The molecule has 1 aromatic heterocycles. The largest absolute Gasteiger partial charge is 0.469 e. The lowest BCUT2D eigenvalue weighted by atomic mass is 9.93. The smallest absolute Gasteiger partial charge is 0.222 e. The van der Waals surface area contributed by atoms with Gasteiger partial charge in [0.15, 0.2) is 0 Å². The van der Waals surface area contributed by atoms with Crippen molar-refractivity contribution in [2.45, 2.75) is 44.4 Å². The van der Waals surface area contributed by atoms with E-state index in [2.05, 4.69) is 5.32 Å². The lowest BCUT2D eigenvalue weighted by Crippen LogP contribution is -2.35. The summed E-state index contributed by atoms with van der Waals surface area (Å²) in [6.07, 6.45) is 6.19. The average Bonchev–Trinajstić information content (AvgIpc) is 3.14. The van der Waals surface area contributed by atoms with Crippen molar-refractivity contribution in [1.82, 2.24) is 10.2 Å². The van der Waals surface area contributed by atoms with E-state index in [1.54, 1.807) is 23.3 Å². The number of hydrogen-bond donors (Lipinski definition) is 1. The predicted molar refractivity (Wildman–Crippen MR) is 104 cm³/mol. The molecule has 1 N–H and O–H groups in total. The minimum atomic E-state index is -0.279. The van der Waals surface area contributed by atoms with Gasteiger partial charge in [-0.15, -0.1) is 0 Å². The molecule has 1 saturated heterocycles. The van der Waals surface area contributed by atoms with E-state index in [0.29, 0.717) is 32.4 Å². The Bertz CT molecular complexity index is 759. The second-order valence-corrected chi connectivity index (χ2v) is 7.20. The molecular formula is C22H27FN2O3. The van der Waals surface area contributed by atoms with Crippen LogP contribution in [0.15, 0.2) is 47.1 Å². The fourth-order valence-electron chi connectivity index (χ4n) is 3.61. The number of furan rings is 1. The first-order valence-electron chi connectivity index (χ1n) is 9.97. The van der Waals surface area contributed by atoms with Gasteiger partial charge in [-0.25, -0.2) is 4.39 Å². The van der Waals surface area contributed by atoms with Gasteiger partial charge in [0.1, 0.15) is 11.6 Å². The monoisotopic (exact) mass is 386 g/mol. The summed E-state index contributed by atoms with van der Waals surface area (Å²) < 4.78 is 18.8. The number of halogens is 1. The van der Waals surface area contributed by atoms with Gasteiger partial charge >= 0.3 is 0 Å². The Hall–Kier alpha value is -2.63. The maximum atomic E-state index is 13.2. The van der Waals surface area contributed by atoms with Gasteiger partial charge in [-0.05, 0) is 49.1 Å². The number of hydrogen-bond acceptors (Lipinski definition) is 3. The first-order valence-corrected chi connectivity index (χ1v) is 9.97. The Labute approximate surface area is 164 Å². The molecule has 1 aliphatic heterocycles. The molecule has 3 rings (SSSR count). The highest BCUT2D eigenvalue weighted by Gasteiger charge is 2.19. The summed E-state index contributed by atoms with van der Waals surface area (Å²) in [5.74, 6) is 0.547. The standard InChI is InChI=1S/C22H27FN2O3/c23-18-9-7-17(8-10-18)19(20-5-4-16-28-20)11-13-24-21(26)12-15-25-14-3-1-2-6-22(25)27/h4-5,7-10,16,19H,1-3,6,11-15H2,(H,24,26). The summed E-state index contributed by atoms with van der Waals surface area (Å²) in [7, 11) is 0. The van der Waals surface area contributed by atoms with Crippen molar-refractivity contribution in [3.63, 3.8) is 0 Å². The van der Waals surface area contributed by atoms with Gasteiger partial charge in [0.05, 0.1) is 6.26 Å². The Kier molecular flexibility index (Phi) is 7.23. The minimum Gasteiger partial charge on any atom is -0.469 e. The molecule has 0 radical (unpaired) electrons. The molecule has 1 aliphatic rings. The van der Waals surface area contributed by atoms with Crippen molar-refractivity contribution < 1.29 is 18.4 Å². The first kappa shape index (κ1) is 20.1. The first-order chi connectivity index (χ1) is 13.6. The third-order valence-corrected chi connectivity index (χ3v) is 5.19.